The van der Waals surface area contributed by atoms with E-state index in [4.69, 9.17) is 4.74 Å². The number of rotatable bonds is 2. The van der Waals surface area contributed by atoms with Gasteiger partial charge in [-0.25, -0.2) is 13.7 Å². The Bertz CT molecular complexity index is 868. The largest absolute Gasteiger partial charge is 0.462 e. The average molecular weight is 286 g/mol. The van der Waals surface area contributed by atoms with Gasteiger partial charge in [-0.2, -0.15) is 5.10 Å². The second-order valence-corrected chi connectivity index (χ2v) is 4.97. The fraction of sp³-hybridized carbons (Fsp3) is 0.250. The van der Waals surface area contributed by atoms with Crippen LogP contribution in [0.3, 0.4) is 0 Å². The van der Waals surface area contributed by atoms with Crippen LogP contribution >= 0.6 is 0 Å². The zero-order valence-corrected chi connectivity index (χ0v) is 12.1. The maximum Gasteiger partial charge on any atom is 0.342 e. The number of hydrogen-bond donors (Lipinski definition) is 0. The van der Waals surface area contributed by atoms with Gasteiger partial charge >= 0.3 is 5.97 Å². The van der Waals surface area contributed by atoms with E-state index in [1.165, 1.54) is 12.1 Å². The molecule has 0 saturated heterocycles. The quantitative estimate of drug-likeness (QED) is 0.678. The van der Waals surface area contributed by atoms with E-state index < -0.39 is 0 Å². The molecule has 4 nitrogen and oxygen atoms in total. The molecule has 0 aliphatic heterocycles. The molecule has 2 heterocycles. The molecule has 0 aliphatic carbocycles. The molecule has 0 fully saturated rings. The molecule has 21 heavy (non-hydrogen) atoms. The second-order valence-electron chi connectivity index (χ2n) is 4.97. The number of halogens is 1. The van der Waals surface area contributed by atoms with Gasteiger partial charge in [0.1, 0.15) is 11.4 Å². The summed E-state index contributed by atoms with van der Waals surface area (Å²) in [7, 11) is 0. The maximum atomic E-state index is 13.4. The monoisotopic (exact) mass is 286 g/mol. The number of pyridine rings is 1. The summed E-state index contributed by atoms with van der Waals surface area (Å²) in [6, 6.07) is 6.38. The lowest BCUT2D eigenvalue weighted by molar-refractivity contribution is 0.0528. The fourth-order valence-corrected chi connectivity index (χ4v) is 2.61. The summed E-state index contributed by atoms with van der Waals surface area (Å²) in [5, 5.41) is 5.19. The molecular weight excluding hydrogens is 271 g/mol. The van der Waals surface area contributed by atoms with Gasteiger partial charge in [0.05, 0.1) is 23.3 Å². The van der Waals surface area contributed by atoms with E-state index in [2.05, 4.69) is 5.10 Å². The first kappa shape index (κ1) is 13.5. The smallest absolute Gasteiger partial charge is 0.342 e. The van der Waals surface area contributed by atoms with E-state index in [-0.39, 0.29) is 11.8 Å². The van der Waals surface area contributed by atoms with Crippen molar-refractivity contribution in [3.8, 4) is 0 Å². The molecule has 0 N–H and O–H groups in total. The third-order valence-electron chi connectivity index (χ3n) is 3.54. The Morgan fingerprint density at radius 2 is 2.05 bits per heavy atom. The number of ether oxygens (including phenoxy) is 1. The van der Waals surface area contributed by atoms with Gasteiger partial charge in [0.25, 0.3) is 0 Å². The molecule has 0 radical (unpaired) electrons. The van der Waals surface area contributed by atoms with Gasteiger partial charge in [0, 0.05) is 5.39 Å². The van der Waals surface area contributed by atoms with E-state index in [1.54, 1.807) is 24.4 Å². The molecule has 2 aromatic heterocycles. The fourth-order valence-electron chi connectivity index (χ4n) is 2.61. The van der Waals surface area contributed by atoms with Crippen molar-refractivity contribution in [2.75, 3.05) is 6.61 Å². The normalized spacial score (nSPS) is 11.2. The van der Waals surface area contributed by atoms with Gasteiger partial charge < -0.3 is 4.74 Å². The Morgan fingerprint density at radius 3 is 2.76 bits per heavy atom. The first-order valence-electron chi connectivity index (χ1n) is 6.78. The van der Waals surface area contributed by atoms with Gasteiger partial charge in [-0.05, 0) is 50.6 Å². The van der Waals surface area contributed by atoms with Gasteiger partial charge in [0.15, 0.2) is 0 Å². The zero-order valence-electron chi connectivity index (χ0n) is 12.1. The van der Waals surface area contributed by atoms with Crippen LogP contribution in [-0.4, -0.2) is 22.2 Å². The Kier molecular flexibility index (Phi) is 3.12. The van der Waals surface area contributed by atoms with Crippen molar-refractivity contribution >= 4 is 22.4 Å². The van der Waals surface area contributed by atoms with Crippen molar-refractivity contribution in [1.82, 2.24) is 9.61 Å². The summed E-state index contributed by atoms with van der Waals surface area (Å²) in [5.41, 5.74) is 3.41. The Hall–Kier alpha value is -2.43. The van der Waals surface area contributed by atoms with Crippen molar-refractivity contribution in [1.29, 1.82) is 0 Å². The number of hydrogen-bond acceptors (Lipinski definition) is 3. The predicted molar refractivity (Wildman–Crippen MR) is 78.1 cm³/mol. The summed E-state index contributed by atoms with van der Waals surface area (Å²) < 4.78 is 20.2. The van der Waals surface area contributed by atoms with Crippen LogP contribution in [0.4, 0.5) is 4.39 Å². The number of aromatic nitrogens is 2. The lowest BCUT2D eigenvalue weighted by atomic mass is 10.1. The van der Waals surface area contributed by atoms with Crippen molar-refractivity contribution in [2.24, 2.45) is 0 Å². The van der Waals surface area contributed by atoms with Crippen LogP contribution in [0.1, 0.15) is 28.5 Å². The highest BCUT2D eigenvalue weighted by Gasteiger charge is 2.20. The molecular formula is C16H15FN2O2. The van der Waals surface area contributed by atoms with Crippen LogP contribution in [-0.2, 0) is 4.74 Å². The SMILES string of the molecule is CCOC(=O)c1c(C)nn2c1cc(C)c1cc(F)ccc12. The maximum absolute atomic E-state index is 13.4. The topological polar surface area (TPSA) is 43.6 Å². The summed E-state index contributed by atoms with van der Waals surface area (Å²) in [6.07, 6.45) is 0. The summed E-state index contributed by atoms with van der Waals surface area (Å²) >= 11 is 0. The van der Waals surface area contributed by atoms with Crippen LogP contribution in [0.5, 0.6) is 0 Å². The number of aryl methyl sites for hydroxylation is 2. The van der Waals surface area contributed by atoms with Crippen LogP contribution in [0.15, 0.2) is 24.3 Å². The summed E-state index contributed by atoms with van der Waals surface area (Å²) in [6.45, 7) is 5.73. The van der Waals surface area contributed by atoms with Gasteiger partial charge in [0.2, 0.25) is 0 Å². The van der Waals surface area contributed by atoms with Crippen LogP contribution in [0.25, 0.3) is 16.4 Å². The molecule has 108 valence electrons. The van der Waals surface area contributed by atoms with Crippen LogP contribution < -0.4 is 0 Å². The van der Waals surface area contributed by atoms with Crippen LogP contribution in [0, 0.1) is 19.7 Å². The molecule has 3 rings (SSSR count). The molecule has 0 aliphatic rings. The molecule has 0 atom stereocenters. The predicted octanol–water partition coefficient (Wildman–Crippen LogP) is 3.42. The number of carbonyl (C=O) groups excluding carboxylic acids is 1. The minimum Gasteiger partial charge on any atom is -0.462 e. The first-order valence-corrected chi connectivity index (χ1v) is 6.78. The number of fused-ring (bicyclic) bond motifs is 3. The van der Waals surface area contributed by atoms with E-state index in [1.807, 2.05) is 13.0 Å². The molecule has 0 bridgehead atoms. The Morgan fingerprint density at radius 1 is 1.29 bits per heavy atom. The Labute approximate surface area is 121 Å². The van der Waals surface area contributed by atoms with Crippen molar-refractivity contribution < 1.29 is 13.9 Å². The number of esters is 1. The lowest BCUT2D eigenvalue weighted by Gasteiger charge is -2.06. The van der Waals surface area contributed by atoms with E-state index >= 15 is 0 Å². The highest BCUT2D eigenvalue weighted by molar-refractivity contribution is 6.00. The second kappa shape index (κ2) is 4.84. The molecule has 1 aromatic carbocycles. The van der Waals surface area contributed by atoms with E-state index in [0.29, 0.717) is 23.4 Å². The minimum absolute atomic E-state index is 0.292. The van der Waals surface area contributed by atoms with Gasteiger partial charge in [-0.1, -0.05) is 0 Å². The molecule has 3 aromatic rings. The highest BCUT2D eigenvalue weighted by Crippen LogP contribution is 2.26. The van der Waals surface area contributed by atoms with Crippen molar-refractivity contribution in [2.45, 2.75) is 20.8 Å². The molecule has 0 saturated carbocycles. The molecule has 0 spiro atoms. The third kappa shape index (κ3) is 2.05. The minimum atomic E-state index is -0.383. The van der Waals surface area contributed by atoms with Crippen molar-refractivity contribution in [3.63, 3.8) is 0 Å². The standard InChI is InChI=1S/C16H15FN2O2/c1-4-21-16(20)15-10(3)18-19-13-6-5-11(17)8-12(13)9(2)7-14(15)19/h5-8H,4H2,1-3H3. The summed E-state index contributed by atoms with van der Waals surface area (Å²) in [4.78, 5) is 12.1. The Balaban J connectivity index is 2.39. The zero-order chi connectivity index (χ0) is 15.1. The number of benzene rings is 1. The first-order chi connectivity index (χ1) is 10.0. The average Bonchev–Trinajstić information content (AvgIpc) is 2.75. The number of carbonyl (C=O) groups is 1. The highest BCUT2D eigenvalue weighted by atomic mass is 19.1. The van der Waals surface area contributed by atoms with E-state index in [9.17, 15) is 9.18 Å². The number of nitrogens with zero attached hydrogens (tertiary/aromatic N) is 2. The lowest BCUT2D eigenvalue weighted by Crippen LogP contribution is -2.05. The third-order valence-corrected chi connectivity index (χ3v) is 3.54. The van der Waals surface area contributed by atoms with Crippen LogP contribution in [0.2, 0.25) is 0 Å². The summed E-state index contributed by atoms with van der Waals surface area (Å²) in [5.74, 6) is -0.676. The molecule has 0 unspecified atom stereocenters. The van der Waals surface area contributed by atoms with Gasteiger partial charge in [-0.3, -0.25) is 0 Å². The van der Waals surface area contributed by atoms with Crippen molar-refractivity contribution in [3.05, 3.63) is 46.9 Å². The van der Waals surface area contributed by atoms with E-state index in [0.717, 1.165) is 16.5 Å². The van der Waals surface area contributed by atoms with Gasteiger partial charge in [-0.15, -0.1) is 0 Å². The molecule has 0 amide bonds. The molecule has 5 heteroatoms.